The van der Waals surface area contributed by atoms with Gasteiger partial charge in [0, 0.05) is 11.8 Å². The van der Waals surface area contributed by atoms with Crippen LogP contribution in [0.3, 0.4) is 0 Å². The molecule has 0 fully saturated rings. The molecule has 23 heavy (non-hydrogen) atoms. The van der Waals surface area contributed by atoms with Gasteiger partial charge < -0.3 is 16.8 Å². The summed E-state index contributed by atoms with van der Waals surface area (Å²) in [4.78, 5) is 11.2. The molecule has 1 aliphatic rings. The fourth-order valence-corrected chi connectivity index (χ4v) is 2.88. The van der Waals surface area contributed by atoms with Crippen LogP contribution in [0.15, 0.2) is 36.0 Å². The number of rotatable bonds is 4. The third kappa shape index (κ3) is 5.10. The second kappa shape index (κ2) is 8.01. The van der Waals surface area contributed by atoms with Crippen molar-refractivity contribution in [2.24, 2.45) is 0 Å². The number of hydrogen-bond acceptors (Lipinski definition) is 5. The first-order valence-electron chi connectivity index (χ1n) is 5.85. The molecule has 8 nitrogen and oxygen atoms in total. The number of nitriles is 1. The number of amides is 2. The molecule has 2 rings (SSSR count). The number of benzene rings is 1. The molecule has 11 heteroatoms. The summed E-state index contributed by atoms with van der Waals surface area (Å²) in [6.07, 6.45) is 1.04. The van der Waals surface area contributed by atoms with E-state index in [0.29, 0.717) is 5.56 Å². The van der Waals surface area contributed by atoms with E-state index in [2.05, 4.69) is 5.32 Å². The number of ether oxygens (including phenoxy) is 1. The number of hydrogen-bond donors (Lipinski definition) is 3. The van der Waals surface area contributed by atoms with Crippen LogP contribution in [-0.2, 0) is 10.1 Å². The van der Waals surface area contributed by atoms with Crippen LogP contribution < -0.4 is 44.9 Å². The molecule has 118 valence electrons. The van der Waals surface area contributed by atoms with Crippen LogP contribution >= 0.6 is 11.6 Å². The predicted octanol–water partition coefficient (Wildman–Crippen LogP) is -1.97. The molecule has 0 bridgehead atoms. The van der Waals surface area contributed by atoms with Crippen molar-refractivity contribution in [1.29, 1.82) is 5.26 Å². The van der Waals surface area contributed by atoms with E-state index in [1.54, 1.807) is 12.1 Å². The standard InChI is InChI=1S/C12H10ClN3O5S.Na.H/c13-10(21-8-3-1-2-7(4-8)5-14)9-6-15-12(17)16-11(9)22(18,19)20;;/h1-4,6,10-11H,(H2,15,16,17)(H,18,19,20);;/q;+1;-1. The molecule has 0 saturated heterocycles. The molecular formula is C12H11ClN3NaO5S. The van der Waals surface area contributed by atoms with Gasteiger partial charge in [-0.2, -0.15) is 13.7 Å². The maximum absolute atomic E-state index is 11.3. The SMILES string of the molecule is N#Cc1cccc(OC(Cl)C2=CNC(=O)NC2S(=O)(=O)O)c1.[H-].[Na+]. The molecule has 1 heterocycles. The van der Waals surface area contributed by atoms with E-state index >= 15 is 0 Å². The summed E-state index contributed by atoms with van der Waals surface area (Å²) in [5.41, 5.74) is -1.07. The minimum atomic E-state index is -4.62. The molecule has 1 aromatic carbocycles. The van der Waals surface area contributed by atoms with Crippen molar-refractivity contribution in [3.05, 3.63) is 41.6 Å². The third-order valence-corrected chi connectivity index (χ3v) is 4.02. The zero-order valence-corrected chi connectivity index (χ0v) is 15.4. The average Bonchev–Trinajstić information content (AvgIpc) is 2.46. The Balaban J connectivity index is 0.00000264. The van der Waals surface area contributed by atoms with Crippen LogP contribution in [0.5, 0.6) is 5.75 Å². The smallest absolute Gasteiger partial charge is 1.00 e. The quantitative estimate of drug-likeness (QED) is 0.322. The normalized spacial score (nSPS) is 18.4. The maximum atomic E-state index is 11.3. The first-order chi connectivity index (χ1) is 10.3. The van der Waals surface area contributed by atoms with Gasteiger partial charge in [-0.1, -0.05) is 17.7 Å². The van der Waals surface area contributed by atoms with Gasteiger partial charge in [-0.25, -0.2) is 4.79 Å². The minimum absolute atomic E-state index is 0. The van der Waals surface area contributed by atoms with Gasteiger partial charge in [-0.15, -0.1) is 0 Å². The molecular weight excluding hydrogens is 357 g/mol. The Labute approximate surface area is 161 Å². The number of carbonyl (C=O) groups is 1. The summed E-state index contributed by atoms with van der Waals surface area (Å²) in [7, 11) is -4.62. The Hall–Kier alpha value is -1.28. The van der Waals surface area contributed by atoms with Crippen LogP contribution in [0, 0.1) is 11.3 Å². The summed E-state index contributed by atoms with van der Waals surface area (Å²) < 4.78 is 37.1. The second-order valence-corrected chi connectivity index (χ2v) is 6.13. The topological polar surface area (TPSA) is 129 Å². The van der Waals surface area contributed by atoms with E-state index in [-0.39, 0.29) is 42.3 Å². The summed E-state index contributed by atoms with van der Waals surface area (Å²) in [5.74, 6) is 0.228. The summed E-state index contributed by atoms with van der Waals surface area (Å²) >= 11 is 6.00. The fraction of sp³-hybridized carbons (Fsp3) is 0.167. The van der Waals surface area contributed by atoms with Gasteiger partial charge in [0.15, 0.2) is 10.9 Å². The molecule has 0 aromatic heterocycles. The van der Waals surface area contributed by atoms with Gasteiger partial charge in [0.1, 0.15) is 5.75 Å². The molecule has 2 unspecified atom stereocenters. The van der Waals surface area contributed by atoms with Gasteiger partial charge in [0.2, 0.25) is 0 Å². The van der Waals surface area contributed by atoms with Crippen LogP contribution in [0.2, 0.25) is 0 Å². The molecule has 0 spiro atoms. The van der Waals surface area contributed by atoms with Gasteiger partial charge >= 0.3 is 35.6 Å². The van der Waals surface area contributed by atoms with Gasteiger partial charge in [-0.05, 0) is 18.2 Å². The summed E-state index contributed by atoms with van der Waals surface area (Å²) in [6, 6.07) is 7.16. The molecule has 3 N–H and O–H groups in total. The number of nitrogens with one attached hydrogen (secondary N) is 2. The first kappa shape index (κ1) is 19.8. The van der Waals surface area contributed by atoms with Gasteiger partial charge in [-0.3, -0.25) is 4.55 Å². The van der Waals surface area contributed by atoms with E-state index in [9.17, 15) is 13.2 Å². The van der Waals surface area contributed by atoms with Crippen LogP contribution in [0.1, 0.15) is 6.99 Å². The van der Waals surface area contributed by atoms with Gasteiger partial charge in [0.05, 0.1) is 11.6 Å². The summed E-state index contributed by atoms with van der Waals surface area (Å²) in [5, 5.41) is 11.3. The van der Waals surface area contributed by atoms with Crippen molar-refractivity contribution in [3.8, 4) is 11.8 Å². The van der Waals surface area contributed by atoms with Crippen molar-refractivity contribution in [3.63, 3.8) is 0 Å². The van der Waals surface area contributed by atoms with Crippen molar-refractivity contribution < 1.29 is 53.5 Å². The van der Waals surface area contributed by atoms with Gasteiger partial charge in [0.25, 0.3) is 10.1 Å². The average molecular weight is 368 g/mol. The Kier molecular flexibility index (Phi) is 6.88. The molecule has 1 aliphatic heterocycles. The Morgan fingerprint density at radius 3 is 2.78 bits per heavy atom. The second-order valence-electron chi connectivity index (χ2n) is 4.23. The Morgan fingerprint density at radius 2 is 2.17 bits per heavy atom. The van der Waals surface area contributed by atoms with Crippen molar-refractivity contribution in [2.45, 2.75) is 10.9 Å². The number of carbonyl (C=O) groups excluding carboxylic acids is 1. The third-order valence-electron chi connectivity index (χ3n) is 2.70. The van der Waals surface area contributed by atoms with Crippen LogP contribution in [0.4, 0.5) is 4.79 Å². The maximum Gasteiger partial charge on any atom is 1.00 e. The Bertz CT molecular complexity index is 783. The first-order valence-corrected chi connectivity index (χ1v) is 7.79. The molecule has 2 amide bonds. The number of nitrogens with zero attached hydrogens (tertiary/aromatic N) is 1. The van der Waals surface area contributed by atoms with E-state index < -0.39 is 27.1 Å². The zero-order chi connectivity index (χ0) is 16.3. The number of alkyl halides is 1. The monoisotopic (exact) mass is 367 g/mol. The predicted molar refractivity (Wildman–Crippen MR) is 77.6 cm³/mol. The summed E-state index contributed by atoms with van der Waals surface area (Å²) in [6.45, 7) is 0. The van der Waals surface area contributed by atoms with Crippen LogP contribution in [0.25, 0.3) is 0 Å². The minimum Gasteiger partial charge on any atom is -1.00 e. The van der Waals surface area contributed by atoms with E-state index in [1.807, 2.05) is 11.4 Å². The van der Waals surface area contributed by atoms with E-state index in [0.717, 1.165) is 6.20 Å². The molecule has 1 aromatic rings. The van der Waals surface area contributed by atoms with E-state index in [4.69, 9.17) is 26.2 Å². The molecule has 2 atom stereocenters. The van der Waals surface area contributed by atoms with Crippen molar-refractivity contribution >= 4 is 27.8 Å². The van der Waals surface area contributed by atoms with Crippen molar-refractivity contribution in [2.75, 3.05) is 0 Å². The fourth-order valence-electron chi connectivity index (χ4n) is 1.73. The largest absolute Gasteiger partial charge is 1.00 e. The Morgan fingerprint density at radius 1 is 1.48 bits per heavy atom. The van der Waals surface area contributed by atoms with Crippen LogP contribution in [-0.4, -0.2) is 29.9 Å². The zero-order valence-electron chi connectivity index (χ0n) is 12.9. The molecule has 0 saturated carbocycles. The molecule has 0 aliphatic carbocycles. The number of urea groups is 1. The van der Waals surface area contributed by atoms with E-state index in [1.165, 1.54) is 12.1 Å². The van der Waals surface area contributed by atoms with Crippen molar-refractivity contribution in [1.82, 2.24) is 10.6 Å². The number of halogens is 1. The molecule has 0 radical (unpaired) electrons.